The lowest BCUT2D eigenvalue weighted by molar-refractivity contribution is 0.0770. The number of hydrogen-bond donors (Lipinski definition) is 0. The maximum Gasteiger partial charge on any atom is 0.295 e. The number of allylic oxidation sites excluding steroid dienone is 1. The lowest BCUT2D eigenvalue weighted by atomic mass is 10.1. The zero-order chi connectivity index (χ0) is 21.3. The van der Waals surface area contributed by atoms with E-state index in [-0.39, 0.29) is 22.8 Å². The average molecular weight is 427 g/mol. The number of rotatable bonds is 6. The summed E-state index contributed by atoms with van der Waals surface area (Å²) in [5.74, 6) is 0.152. The molecule has 0 radical (unpaired) electrons. The molecule has 4 rings (SSSR count). The number of halogens is 1. The Morgan fingerprint density at radius 3 is 2.90 bits per heavy atom. The Hall–Kier alpha value is -2.90. The third-order valence-corrected chi connectivity index (χ3v) is 5.71. The molecule has 156 valence electrons. The van der Waals surface area contributed by atoms with Crippen LogP contribution in [0.3, 0.4) is 0 Å². The maximum absolute atomic E-state index is 13.2. The van der Waals surface area contributed by atoms with Gasteiger partial charge in [0.25, 0.3) is 11.5 Å². The van der Waals surface area contributed by atoms with Gasteiger partial charge in [-0.1, -0.05) is 35.9 Å². The molecule has 0 spiro atoms. The zero-order valence-electron chi connectivity index (χ0n) is 16.8. The number of hydrogen-bond acceptors (Lipinski definition) is 4. The number of benzene rings is 1. The van der Waals surface area contributed by atoms with Crippen molar-refractivity contribution in [3.8, 4) is 11.3 Å². The van der Waals surface area contributed by atoms with E-state index < -0.39 is 0 Å². The van der Waals surface area contributed by atoms with E-state index in [2.05, 4.69) is 11.6 Å². The van der Waals surface area contributed by atoms with E-state index in [1.165, 1.54) is 0 Å². The molecule has 1 saturated heterocycles. The summed E-state index contributed by atoms with van der Waals surface area (Å²) < 4.78 is 8.38. The van der Waals surface area contributed by atoms with Gasteiger partial charge >= 0.3 is 0 Å². The number of fused-ring (bicyclic) bond motifs is 1. The number of carbonyl (C=O) groups is 1. The first-order valence-electron chi connectivity index (χ1n) is 9.80. The Labute approximate surface area is 179 Å². The van der Waals surface area contributed by atoms with Crippen molar-refractivity contribution in [2.24, 2.45) is 5.92 Å². The molecule has 1 aliphatic rings. The maximum atomic E-state index is 13.2. The fraction of sp³-hybridized carbons (Fsp3) is 0.318. The minimum Gasteiger partial charge on any atom is -0.384 e. The van der Waals surface area contributed by atoms with Gasteiger partial charge in [0, 0.05) is 55.6 Å². The number of methoxy groups -OCH3 is 1. The molecule has 0 N–H and O–H groups in total. The summed E-state index contributed by atoms with van der Waals surface area (Å²) in [6, 6.07) is 7.32. The summed E-state index contributed by atoms with van der Waals surface area (Å²) >= 11 is 6.38. The van der Waals surface area contributed by atoms with Crippen LogP contribution < -0.4 is 5.56 Å². The first-order chi connectivity index (χ1) is 14.5. The van der Waals surface area contributed by atoms with Gasteiger partial charge in [-0.15, -0.1) is 6.58 Å². The molecule has 0 aliphatic carbocycles. The number of likely N-dealkylation sites (tertiary alicyclic amines) is 1. The third kappa shape index (κ3) is 3.66. The Morgan fingerprint density at radius 1 is 1.37 bits per heavy atom. The molecule has 1 aliphatic heterocycles. The Balaban J connectivity index is 1.77. The summed E-state index contributed by atoms with van der Waals surface area (Å²) in [5.41, 5.74) is 1.51. The number of nitrogens with zero attached hydrogens (tertiary/aromatic N) is 4. The van der Waals surface area contributed by atoms with Crippen molar-refractivity contribution in [2.45, 2.75) is 13.0 Å². The van der Waals surface area contributed by atoms with Gasteiger partial charge in [-0.3, -0.25) is 18.6 Å². The van der Waals surface area contributed by atoms with Gasteiger partial charge in [0.1, 0.15) is 5.69 Å². The zero-order valence-corrected chi connectivity index (χ0v) is 17.5. The highest BCUT2D eigenvalue weighted by atomic mass is 35.5. The second kappa shape index (κ2) is 8.45. The quantitative estimate of drug-likeness (QED) is 0.568. The van der Waals surface area contributed by atoms with Crippen molar-refractivity contribution in [1.82, 2.24) is 18.9 Å². The Morgan fingerprint density at radius 2 is 2.17 bits per heavy atom. The molecule has 8 heteroatoms. The molecule has 0 bridgehead atoms. The molecular weight excluding hydrogens is 404 g/mol. The van der Waals surface area contributed by atoms with Crippen LogP contribution in [-0.4, -0.2) is 51.6 Å². The van der Waals surface area contributed by atoms with Gasteiger partial charge in [0.2, 0.25) is 5.65 Å². The molecular formula is C22H23ClN4O3. The number of aromatic nitrogens is 3. The van der Waals surface area contributed by atoms with Crippen LogP contribution in [0.5, 0.6) is 0 Å². The molecule has 1 atom stereocenters. The number of imidazole rings is 1. The van der Waals surface area contributed by atoms with Crippen molar-refractivity contribution >= 4 is 23.2 Å². The summed E-state index contributed by atoms with van der Waals surface area (Å²) in [6.45, 7) is 5.97. The SMILES string of the molecule is C=CCn1c(-c2ccccc2Cl)cn2cc(C(=O)N3CC[C@@H](COC)C3)nc2c1=O. The van der Waals surface area contributed by atoms with Gasteiger partial charge < -0.3 is 9.64 Å². The van der Waals surface area contributed by atoms with E-state index in [0.717, 1.165) is 12.0 Å². The normalized spacial score (nSPS) is 16.3. The monoisotopic (exact) mass is 426 g/mol. The van der Waals surface area contributed by atoms with E-state index in [1.54, 1.807) is 45.5 Å². The smallest absolute Gasteiger partial charge is 0.295 e. The third-order valence-electron chi connectivity index (χ3n) is 5.38. The fourth-order valence-corrected chi connectivity index (χ4v) is 4.16. The van der Waals surface area contributed by atoms with Crippen LogP contribution in [0.15, 0.2) is 54.1 Å². The predicted molar refractivity (Wildman–Crippen MR) is 116 cm³/mol. The van der Waals surface area contributed by atoms with Gasteiger partial charge in [0.05, 0.1) is 12.3 Å². The van der Waals surface area contributed by atoms with E-state index in [4.69, 9.17) is 16.3 Å². The first-order valence-corrected chi connectivity index (χ1v) is 10.2. The van der Waals surface area contributed by atoms with Gasteiger partial charge in [0.15, 0.2) is 0 Å². The molecule has 1 aromatic carbocycles. The molecule has 3 aromatic rings. The predicted octanol–water partition coefficient (Wildman–Crippen LogP) is 3.11. The van der Waals surface area contributed by atoms with Gasteiger partial charge in [-0.25, -0.2) is 4.98 Å². The number of carbonyl (C=O) groups excluding carboxylic acids is 1. The average Bonchev–Trinajstić information content (AvgIpc) is 3.38. The number of amides is 1. The van der Waals surface area contributed by atoms with E-state index in [9.17, 15) is 9.59 Å². The van der Waals surface area contributed by atoms with E-state index in [1.807, 2.05) is 18.2 Å². The summed E-state index contributed by atoms with van der Waals surface area (Å²) in [5, 5.41) is 0.534. The number of ether oxygens (including phenoxy) is 1. The standard InChI is InChI=1S/C22H23ClN4O3/c1-3-9-27-19(16-6-4-5-7-17(16)23)13-26-12-18(24-20(26)22(27)29)21(28)25-10-8-15(11-25)14-30-2/h3-7,12-13,15H,1,8-11,14H2,2H3/t15-/m1/s1. The molecule has 30 heavy (non-hydrogen) atoms. The van der Waals surface area contributed by atoms with E-state index in [0.29, 0.717) is 42.9 Å². The minimum absolute atomic E-state index is 0.175. The van der Waals surface area contributed by atoms with Crippen LogP contribution in [0.25, 0.3) is 16.9 Å². The summed E-state index contributed by atoms with van der Waals surface area (Å²) in [4.78, 5) is 32.3. The summed E-state index contributed by atoms with van der Waals surface area (Å²) in [7, 11) is 1.66. The van der Waals surface area contributed by atoms with Crippen LogP contribution in [0, 0.1) is 5.92 Å². The van der Waals surface area contributed by atoms with Crippen LogP contribution in [0.4, 0.5) is 0 Å². The van der Waals surface area contributed by atoms with Crippen LogP contribution in [0.1, 0.15) is 16.9 Å². The van der Waals surface area contributed by atoms with Crippen molar-refractivity contribution < 1.29 is 9.53 Å². The second-order valence-electron chi connectivity index (χ2n) is 7.42. The van der Waals surface area contributed by atoms with Crippen LogP contribution in [0.2, 0.25) is 5.02 Å². The molecule has 1 fully saturated rings. The second-order valence-corrected chi connectivity index (χ2v) is 7.82. The Kier molecular flexibility index (Phi) is 5.74. The highest BCUT2D eigenvalue weighted by Crippen LogP contribution is 2.27. The lowest BCUT2D eigenvalue weighted by Crippen LogP contribution is -2.29. The molecule has 3 heterocycles. The summed E-state index contributed by atoms with van der Waals surface area (Å²) in [6.07, 6.45) is 5.94. The lowest BCUT2D eigenvalue weighted by Gasteiger charge is -2.14. The molecule has 0 saturated carbocycles. The van der Waals surface area contributed by atoms with Crippen LogP contribution >= 0.6 is 11.6 Å². The largest absolute Gasteiger partial charge is 0.384 e. The van der Waals surface area contributed by atoms with Crippen molar-refractivity contribution in [2.75, 3.05) is 26.8 Å². The molecule has 7 nitrogen and oxygen atoms in total. The topological polar surface area (TPSA) is 68.8 Å². The van der Waals surface area contributed by atoms with Crippen molar-refractivity contribution in [3.63, 3.8) is 0 Å². The van der Waals surface area contributed by atoms with Crippen molar-refractivity contribution in [1.29, 1.82) is 0 Å². The van der Waals surface area contributed by atoms with Gasteiger partial charge in [-0.05, 0) is 12.5 Å². The fourth-order valence-electron chi connectivity index (χ4n) is 3.93. The highest BCUT2D eigenvalue weighted by Gasteiger charge is 2.28. The highest BCUT2D eigenvalue weighted by molar-refractivity contribution is 6.33. The van der Waals surface area contributed by atoms with Crippen molar-refractivity contribution in [3.05, 3.63) is 70.4 Å². The van der Waals surface area contributed by atoms with Gasteiger partial charge in [-0.2, -0.15) is 0 Å². The van der Waals surface area contributed by atoms with Crippen LogP contribution in [-0.2, 0) is 11.3 Å². The molecule has 0 unspecified atom stereocenters. The molecule has 1 amide bonds. The molecule has 2 aromatic heterocycles. The first kappa shape index (κ1) is 20.4. The van der Waals surface area contributed by atoms with E-state index >= 15 is 0 Å². The minimum atomic E-state index is -0.301. The Bertz CT molecular complexity index is 1170.